The highest BCUT2D eigenvalue weighted by Gasteiger charge is 2.35. The van der Waals surface area contributed by atoms with E-state index in [1.165, 1.54) is 19.3 Å². The minimum absolute atomic E-state index is 0.000544. The van der Waals surface area contributed by atoms with Crippen molar-refractivity contribution in [1.82, 2.24) is 10.2 Å². The molecule has 0 aromatic heterocycles. The first-order valence-corrected chi connectivity index (χ1v) is 11.2. The zero-order valence-corrected chi connectivity index (χ0v) is 17.7. The number of hydrogen-bond donors (Lipinski definition) is 2. The van der Waals surface area contributed by atoms with Gasteiger partial charge in [0.05, 0.1) is 0 Å². The molecule has 4 rings (SSSR count). The summed E-state index contributed by atoms with van der Waals surface area (Å²) in [6.07, 6.45) is 7.66. The summed E-state index contributed by atoms with van der Waals surface area (Å²) >= 11 is 0. The topological polar surface area (TPSA) is 61.4 Å². The number of amides is 2. The van der Waals surface area contributed by atoms with Crippen molar-refractivity contribution in [2.75, 3.05) is 11.9 Å². The maximum Gasteiger partial charge on any atom is 0.256 e. The minimum Gasteiger partial charge on any atom is -0.361 e. The second-order valence-electron chi connectivity index (χ2n) is 8.37. The minimum atomic E-state index is -0.179. The molecule has 158 valence electrons. The molecule has 2 N–H and O–H groups in total. The van der Waals surface area contributed by atoms with Gasteiger partial charge in [-0.3, -0.25) is 9.59 Å². The van der Waals surface area contributed by atoms with Gasteiger partial charge >= 0.3 is 0 Å². The molecule has 2 aromatic rings. The maximum absolute atomic E-state index is 12.9. The van der Waals surface area contributed by atoms with E-state index in [9.17, 15) is 9.59 Å². The van der Waals surface area contributed by atoms with Crippen molar-refractivity contribution in [3.05, 3.63) is 65.2 Å². The van der Waals surface area contributed by atoms with Crippen LogP contribution >= 0.6 is 0 Å². The third kappa shape index (κ3) is 4.35. The highest BCUT2D eigenvalue weighted by atomic mass is 16.2. The summed E-state index contributed by atoms with van der Waals surface area (Å²) in [5, 5.41) is 6.67. The first kappa shape index (κ1) is 20.5. The molecule has 2 amide bonds. The fourth-order valence-corrected chi connectivity index (χ4v) is 4.48. The predicted molar refractivity (Wildman–Crippen MR) is 120 cm³/mol. The molecular weight excluding hydrogens is 374 g/mol. The summed E-state index contributed by atoms with van der Waals surface area (Å²) in [7, 11) is 0. The number of unbranched alkanes of at least 4 members (excludes halogenated alkanes) is 1. The number of nitrogens with zero attached hydrogens (tertiary/aromatic N) is 1. The van der Waals surface area contributed by atoms with Gasteiger partial charge in [0.1, 0.15) is 6.17 Å². The average molecular weight is 406 g/mol. The molecule has 30 heavy (non-hydrogen) atoms. The van der Waals surface area contributed by atoms with Gasteiger partial charge in [0.15, 0.2) is 0 Å². The lowest BCUT2D eigenvalue weighted by molar-refractivity contribution is 0.0740. The van der Waals surface area contributed by atoms with Crippen LogP contribution in [-0.2, 0) is 0 Å². The lowest BCUT2D eigenvalue weighted by atomic mass is 9.95. The van der Waals surface area contributed by atoms with E-state index < -0.39 is 0 Å². The van der Waals surface area contributed by atoms with E-state index in [1.807, 2.05) is 53.4 Å². The average Bonchev–Trinajstić information content (AvgIpc) is 3.04. The van der Waals surface area contributed by atoms with E-state index in [4.69, 9.17) is 0 Å². The first-order valence-electron chi connectivity index (χ1n) is 11.2. The van der Waals surface area contributed by atoms with Crippen LogP contribution in [-0.4, -0.2) is 29.3 Å². The Morgan fingerprint density at radius 2 is 1.77 bits per heavy atom. The molecule has 2 aromatic carbocycles. The summed E-state index contributed by atoms with van der Waals surface area (Å²) in [5.74, 6) is 0.0828. The molecule has 5 heteroatoms. The Bertz CT molecular complexity index is 888. The Hall–Kier alpha value is -2.82. The van der Waals surface area contributed by atoms with Crippen LogP contribution in [0.5, 0.6) is 0 Å². The Balaban J connectivity index is 1.46. The normalized spacial score (nSPS) is 18.9. The summed E-state index contributed by atoms with van der Waals surface area (Å²) in [6.45, 7) is 2.86. The summed E-state index contributed by atoms with van der Waals surface area (Å²) < 4.78 is 0. The molecule has 0 saturated heterocycles. The second kappa shape index (κ2) is 9.33. The number of nitrogens with one attached hydrogen (secondary N) is 2. The highest BCUT2D eigenvalue weighted by Crippen LogP contribution is 2.34. The third-order valence-electron chi connectivity index (χ3n) is 6.20. The van der Waals surface area contributed by atoms with Crippen molar-refractivity contribution in [3.8, 4) is 0 Å². The van der Waals surface area contributed by atoms with E-state index in [2.05, 4.69) is 17.6 Å². The molecule has 0 bridgehead atoms. The van der Waals surface area contributed by atoms with Gasteiger partial charge in [-0.05, 0) is 49.6 Å². The molecule has 0 radical (unpaired) electrons. The summed E-state index contributed by atoms with van der Waals surface area (Å²) in [6, 6.07) is 15.7. The number of carbonyl (C=O) groups is 2. The Labute approximate surface area is 178 Å². The van der Waals surface area contributed by atoms with Crippen LogP contribution in [0.1, 0.15) is 84.3 Å². The Kier molecular flexibility index (Phi) is 6.36. The monoisotopic (exact) mass is 405 g/mol. The molecule has 1 atom stereocenters. The summed E-state index contributed by atoms with van der Waals surface area (Å²) in [4.78, 5) is 27.3. The molecule has 0 spiro atoms. The lowest BCUT2D eigenvalue weighted by Gasteiger charge is -2.27. The molecule has 2 aliphatic rings. The van der Waals surface area contributed by atoms with Gasteiger partial charge in [-0.2, -0.15) is 0 Å². The van der Waals surface area contributed by atoms with Crippen LogP contribution in [0.3, 0.4) is 0 Å². The van der Waals surface area contributed by atoms with Gasteiger partial charge in [0.25, 0.3) is 11.8 Å². The van der Waals surface area contributed by atoms with Crippen LogP contribution in [0.2, 0.25) is 0 Å². The SMILES string of the molecule is CCCCN1C(=O)c2ccccc2C1Nc1ccc(C(=O)NC2CCCCC2)cc1. The Morgan fingerprint density at radius 1 is 1.03 bits per heavy atom. The van der Waals surface area contributed by atoms with Crippen molar-refractivity contribution in [1.29, 1.82) is 0 Å². The fourth-order valence-electron chi connectivity index (χ4n) is 4.48. The maximum atomic E-state index is 12.9. The number of rotatable bonds is 7. The van der Waals surface area contributed by atoms with E-state index >= 15 is 0 Å². The fraction of sp³-hybridized carbons (Fsp3) is 0.440. The summed E-state index contributed by atoms with van der Waals surface area (Å²) in [5.41, 5.74) is 3.37. The Morgan fingerprint density at radius 3 is 2.50 bits per heavy atom. The van der Waals surface area contributed by atoms with Gasteiger partial charge in [-0.25, -0.2) is 0 Å². The van der Waals surface area contributed by atoms with E-state index in [0.29, 0.717) is 11.6 Å². The smallest absolute Gasteiger partial charge is 0.256 e. The molecular formula is C25H31N3O2. The number of anilines is 1. The number of carbonyl (C=O) groups excluding carboxylic acids is 2. The zero-order chi connectivity index (χ0) is 20.9. The van der Waals surface area contributed by atoms with Crippen molar-refractivity contribution >= 4 is 17.5 Å². The molecule has 5 nitrogen and oxygen atoms in total. The van der Waals surface area contributed by atoms with Gasteiger partial charge in [-0.15, -0.1) is 0 Å². The van der Waals surface area contributed by atoms with Crippen molar-refractivity contribution in [2.45, 2.75) is 64.1 Å². The van der Waals surface area contributed by atoms with Crippen LogP contribution in [0, 0.1) is 0 Å². The number of hydrogen-bond acceptors (Lipinski definition) is 3. The van der Waals surface area contributed by atoms with E-state index in [-0.39, 0.29) is 18.0 Å². The van der Waals surface area contributed by atoms with Gasteiger partial charge in [-0.1, -0.05) is 50.8 Å². The predicted octanol–water partition coefficient (Wildman–Crippen LogP) is 5.12. The first-order chi connectivity index (χ1) is 14.7. The molecule has 1 heterocycles. The van der Waals surface area contributed by atoms with Gasteiger partial charge < -0.3 is 15.5 Å². The molecule has 1 aliphatic carbocycles. The molecule has 1 fully saturated rings. The zero-order valence-electron chi connectivity index (χ0n) is 17.7. The van der Waals surface area contributed by atoms with Crippen LogP contribution in [0.15, 0.2) is 48.5 Å². The number of benzene rings is 2. The standard InChI is InChI=1S/C25H31N3O2/c1-2-3-17-28-23(21-11-7-8-12-22(21)25(28)30)26-20-15-13-18(14-16-20)24(29)27-19-9-5-4-6-10-19/h7-8,11-16,19,23,26H,2-6,9-10,17H2,1H3,(H,27,29). The number of fused-ring (bicyclic) bond motifs is 1. The van der Waals surface area contributed by atoms with Gasteiger partial charge in [0, 0.05) is 35.0 Å². The molecule has 1 aliphatic heterocycles. The van der Waals surface area contributed by atoms with Crippen molar-refractivity contribution in [2.24, 2.45) is 0 Å². The molecule has 1 saturated carbocycles. The van der Waals surface area contributed by atoms with Gasteiger partial charge in [0.2, 0.25) is 0 Å². The van der Waals surface area contributed by atoms with Crippen molar-refractivity contribution in [3.63, 3.8) is 0 Å². The largest absolute Gasteiger partial charge is 0.361 e. The van der Waals surface area contributed by atoms with Crippen LogP contribution < -0.4 is 10.6 Å². The van der Waals surface area contributed by atoms with E-state index in [1.54, 1.807) is 0 Å². The third-order valence-corrected chi connectivity index (χ3v) is 6.20. The quantitative estimate of drug-likeness (QED) is 0.672. The second-order valence-corrected chi connectivity index (χ2v) is 8.37. The van der Waals surface area contributed by atoms with Crippen molar-refractivity contribution < 1.29 is 9.59 Å². The highest BCUT2D eigenvalue weighted by molar-refractivity contribution is 5.99. The van der Waals surface area contributed by atoms with Crippen LogP contribution in [0.4, 0.5) is 5.69 Å². The lowest BCUT2D eigenvalue weighted by Crippen LogP contribution is -2.36. The van der Waals surface area contributed by atoms with E-state index in [0.717, 1.165) is 49.0 Å². The van der Waals surface area contributed by atoms with Crippen LogP contribution in [0.25, 0.3) is 0 Å². The molecule has 1 unspecified atom stereocenters.